The number of carbonyl (C=O) groups is 2. The van der Waals surface area contributed by atoms with Crippen molar-refractivity contribution in [3.05, 3.63) is 77.5 Å². The predicted octanol–water partition coefficient (Wildman–Crippen LogP) is 3.11. The van der Waals surface area contributed by atoms with Crippen LogP contribution in [0.15, 0.2) is 59.2 Å². The minimum Gasteiger partial charge on any atom is -0.482 e. The van der Waals surface area contributed by atoms with Crippen molar-refractivity contribution in [3.8, 4) is 5.75 Å². The van der Waals surface area contributed by atoms with Gasteiger partial charge in [0.1, 0.15) is 18.6 Å². The number of anilines is 1. The van der Waals surface area contributed by atoms with Crippen LogP contribution >= 0.6 is 0 Å². The van der Waals surface area contributed by atoms with Gasteiger partial charge in [-0.1, -0.05) is 36.4 Å². The monoisotopic (exact) mass is 448 g/mol. The van der Waals surface area contributed by atoms with Gasteiger partial charge in [0, 0.05) is 19.6 Å². The molecule has 1 aliphatic heterocycles. The third-order valence-corrected chi connectivity index (χ3v) is 5.44. The first-order valence-electron chi connectivity index (χ1n) is 10.9. The molecule has 8 heteroatoms. The van der Waals surface area contributed by atoms with Crippen molar-refractivity contribution in [2.24, 2.45) is 0 Å². The van der Waals surface area contributed by atoms with Gasteiger partial charge < -0.3 is 19.0 Å². The summed E-state index contributed by atoms with van der Waals surface area (Å²) in [6.45, 7) is 3.79. The third-order valence-electron chi connectivity index (χ3n) is 5.44. The van der Waals surface area contributed by atoms with Crippen LogP contribution in [-0.2, 0) is 17.9 Å². The van der Waals surface area contributed by atoms with Crippen LogP contribution in [0.1, 0.15) is 27.5 Å². The molecule has 0 saturated carbocycles. The van der Waals surface area contributed by atoms with Gasteiger partial charge in [-0.2, -0.15) is 0 Å². The molecule has 0 atom stereocenters. The summed E-state index contributed by atoms with van der Waals surface area (Å²) in [5, 5.41) is 0. The lowest BCUT2D eigenvalue weighted by atomic mass is 10.1. The smallest absolute Gasteiger partial charge is 0.276 e. The lowest BCUT2D eigenvalue weighted by Gasteiger charge is -2.28. The molecule has 0 N–H and O–H groups in total. The highest BCUT2D eigenvalue weighted by atomic mass is 16.5. The van der Waals surface area contributed by atoms with E-state index in [9.17, 15) is 9.59 Å². The van der Waals surface area contributed by atoms with Crippen LogP contribution in [-0.4, -0.2) is 60.4 Å². The van der Waals surface area contributed by atoms with E-state index in [1.165, 1.54) is 6.26 Å². The van der Waals surface area contributed by atoms with Crippen LogP contribution < -0.4 is 9.64 Å². The van der Waals surface area contributed by atoms with Crippen LogP contribution in [0.3, 0.4) is 0 Å². The maximum atomic E-state index is 13.3. The predicted molar refractivity (Wildman–Crippen MR) is 124 cm³/mol. The van der Waals surface area contributed by atoms with E-state index in [0.29, 0.717) is 30.4 Å². The second-order valence-electron chi connectivity index (χ2n) is 8.38. The molecule has 2 aromatic carbocycles. The van der Waals surface area contributed by atoms with E-state index in [0.717, 1.165) is 17.7 Å². The van der Waals surface area contributed by atoms with Crippen molar-refractivity contribution in [1.82, 2.24) is 14.8 Å². The molecule has 0 bridgehead atoms. The Labute approximate surface area is 193 Å². The highest BCUT2D eigenvalue weighted by molar-refractivity contribution is 5.97. The number of ether oxygens (including phenoxy) is 1. The minimum absolute atomic E-state index is 0.0437. The molecule has 3 aromatic rings. The molecule has 0 unspecified atom stereocenters. The van der Waals surface area contributed by atoms with Gasteiger partial charge in [-0.3, -0.25) is 14.5 Å². The van der Waals surface area contributed by atoms with E-state index in [-0.39, 0.29) is 30.7 Å². The molecule has 2 heterocycles. The zero-order valence-electron chi connectivity index (χ0n) is 19.2. The van der Waals surface area contributed by atoms with Gasteiger partial charge in [0.25, 0.3) is 11.8 Å². The first-order chi connectivity index (χ1) is 15.9. The fourth-order valence-corrected chi connectivity index (χ4v) is 3.64. The van der Waals surface area contributed by atoms with Crippen LogP contribution in [0.2, 0.25) is 0 Å². The SMILES string of the molecule is Cc1ccc2c(c1)N(Cc1nc(C(=O)N(CCN(C)C)Cc3ccccc3)co1)C(=O)CO2. The fourth-order valence-electron chi connectivity index (χ4n) is 3.64. The Morgan fingerprint density at radius 1 is 1.12 bits per heavy atom. The lowest BCUT2D eigenvalue weighted by Crippen LogP contribution is -2.38. The summed E-state index contributed by atoms with van der Waals surface area (Å²) in [6.07, 6.45) is 1.37. The number of aromatic nitrogens is 1. The maximum absolute atomic E-state index is 13.3. The summed E-state index contributed by atoms with van der Waals surface area (Å²) in [5.41, 5.74) is 2.95. The Balaban J connectivity index is 1.52. The second kappa shape index (κ2) is 9.87. The van der Waals surface area contributed by atoms with Crippen molar-refractivity contribution in [3.63, 3.8) is 0 Å². The average molecular weight is 449 g/mol. The molecule has 0 saturated heterocycles. The number of carbonyl (C=O) groups excluding carboxylic acids is 2. The molecular weight excluding hydrogens is 420 g/mol. The van der Waals surface area contributed by atoms with Crippen LogP contribution in [0.25, 0.3) is 0 Å². The summed E-state index contributed by atoms with van der Waals surface area (Å²) in [7, 11) is 3.94. The summed E-state index contributed by atoms with van der Waals surface area (Å²) >= 11 is 0. The Hall–Kier alpha value is -3.65. The molecule has 0 fully saturated rings. The number of benzene rings is 2. The van der Waals surface area contributed by atoms with E-state index in [4.69, 9.17) is 9.15 Å². The number of aryl methyl sites for hydroxylation is 1. The molecule has 1 aromatic heterocycles. The Bertz CT molecular complexity index is 1130. The molecule has 0 aliphatic carbocycles. The van der Waals surface area contributed by atoms with Crippen molar-refractivity contribution < 1.29 is 18.7 Å². The van der Waals surface area contributed by atoms with Gasteiger partial charge >= 0.3 is 0 Å². The van der Waals surface area contributed by atoms with Crippen LogP contribution in [0.5, 0.6) is 5.75 Å². The zero-order chi connectivity index (χ0) is 23.4. The van der Waals surface area contributed by atoms with Crippen LogP contribution in [0.4, 0.5) is 5.69 Å². The number of amides is 2. The quantitative estimate of drug-likeness (QED) is 0.527. The molecule has 0 spiro atoms. The topological polar surface area (TPSA) is 79.1 Å². The molecule has 8 nitrogen and oxygen atoms in total. The number of nitrogens with zero attached hydrogens (tertiary/aromatic N) is 4. The highest BCUT2D eigenvalue weighted by Crippen LogP contribution is 2.33. The molecule has 0 radical (unpaired) electrons. The Morgan fingerprint density at radius 3 is 2.67 bits per heavy atom. The molecule has 1 aliphatic rings. The second-order valence-corrected chi connectivity index (χ2v) is 8.38. The number of hydrogen-bond donors (Lipinski definition) is 0. The lowest BCUT2D eigenvalue weighted by molar-refractivity contribution is -0.121. The van der Waals surface area contributed by atoms with E-state index in [1.54, 1.807) is 9.80 Å². The van der Waals surface area contributed by atoms with Gasteiger partial charge in [-0.05, 0) is 44.3 Å². The minimum atomic E-state index is -0.208. The van der Waals surface area contributed by atoms with E-state index in [1.807, 2.05) is 74.4 Å². The van der Waals surface area contributed by atoms with Crippen molar-refractivity contribution in [2.75, 3.05) is 38.7 Å². The van der Waals surface area contributed by atoms with E-state index < -0.39 is 0 Å². The van der Waals surface area contributed by atoms with Crippen LogP contribution in [0, 0.1) is 6.92 Å². The zero-order valence-corrected chi connectivity index (χ0v) is 19.2. The Kier molecular flexibility index (Phi) is 6.74. The van der Waals surface area contributed by atoms with Gasteiger partial charge in [0.05, 0.1) is 5.69 Å². The number of fused-ring (bicyclic) bond motifs is 1. The van der Waals surface area contributed by atoms with E-state index >= 15 is 0 Å². The molecule has 33 heavy (non-hydrogen) atoms. The maximum Gasteiger partial charge on any atom is 0.276 e. The van der Waals surface area contributed by atoms with E-state index in [2.05, 4.69) is 4.98 Å². The van der Waals surface area contributed by atoms with Gasteiger partial charge in [-0.15, -0.1) is 0 Å². The summed E-state index contributed by atoms with van der Waals surface area (Å²) in [5.74, 6) is 0.546. The third kappa shape index (κ3) is 5.40. The van der Waals surface area contributed by atoms with Crippen molar-refractivity contribution in [2.45, 2.75) is 20.0 Å². The summed E-state index contributed by atoms with van der Waals surface area (Å²) < 4.78 is 11.1. The standard InChI is InChI=1S/C25H28N4O4/c1-18-9-10-22-21(13-18)29(24(30)17-32-22)15-23-26-20(16-33-23)25(31)28(12-11-27(2)3)14-19-7-5-4-6-8-19/h4-10,13,16H,11-12,14-15,17H2,1-3H3. The first-order valence-corrected chi connectivity index (χ1v) is 10.9. The van der Waals surface area contributed by atoms with Crippen molar-refractivity contribution >= 4 is 17.5 Å². The largest absolute Gasteiger partial charge is 0.482 e. The summed E-state index contributed by atoms with van der Waals surface area (Å²) in [4.78, 5) is 35.6. The number of likely N-dealkylation sites (N-methyl/N-ethyl adjacent to an activating group) is 1. The average Bonchev–Trinajstić information content (AvgIpc) is 3.27. The molecule has 4 rings (SSSR count). The summed E-state index contributed by atoms with van der Waals surface area (Å²) in [6, 6.07) is 15.5. The first kappa shape index (κ1) is 22.5. The molecule has 2 amide bonds. The number of oxazole rings is 1. The number of hydrogen-bond acceptors (Lipinski definition) is 6. The van der Waals surface area contributed by atoms with Crippen molar-refractivity contribution in [1.29, 1.82) is 0 Å². The normalized spacial score (nSPS) is 13.1. The highest BCUT2D eigenvalue weighted by Gasteiger charge is 2.28. The molecule has 172 valence electrons. The van der Waals surface area contributed by atoms with Gasteiger partial charge in [0.2, 0.25) is 5.89 Å². The van der Waals surface area contributed by atoms with Gasteiger partial charge in [-0.25, -0.2) is 4.98 Å². The number of rotatable bonds is 8. The molecular formula is C25H28N4O4. The van der Waals surface area contributed by atoms with Gasteiger partial charge in [0.15, 0.2) is 12.3 Å². The fraction of sp³-hybridized carbons (Fsp3) is 0.320. The Morgan fingerprint density at radius 2 is 1.91 bits per heavy atom.